The SMILES string of the molecule is CCOC(=O)c1cc(COC(C)=O)n(CCN2CCN(c3ccc(F)cc3)CC2)n1. The Balaban J connectivity index is 1.57. The van der Waals surface area contributed by atoms with Crippen molar-refractivity contribution in [2.45, 2.75) is 27.0 Å². The van der Waals surface area contributed by atoms with E-state index in [1.807, 2.05) is 0 Å². The van der Waals surface area contributed by atoms with Crippen molar-refractivity contribution in [1.82, 2.24) is 14.7 Å². The zero-order valence-electron chi connectivity index (χ0n) is 17.3. The lowest BCUT2D eigenvalue weighted by atomic mass is 10.2. The maximum atomic E-state index is 13.1. The summed E-state index contributed by atoms with van der Waals surface area (Å²) in [6, 6.07) is 8.16. The molecule has 1 aromatic heterocycles. The molecule has 2 aromatic rings. The van der Waals surface area contributed by atoms with Crippen molar-refractivity contribution in [2.24, 2.45) is 0 Å². The van der Waals surface area contributed by atoms with E-state index in [1.54, 1.807) is 29.8 Å². The second-order valence-electron chi connectivity index (χ2n) is 7.05. The van der Waals surface area contributed by atoms with Crippen molar-refractivity contribution < 1.29 is 23.5 Å². The average molecular weight is 418 g/mol. The number of aromatic nitrogens is 2. The molecule has 0 aliphatic carbocycles. The molecule has 3 rings (SSSR count). The van der Waals surface area contributed by atoms with Gasteiger partial charge in [-0.25, -0.2) is 9.18 Å². The molecule has 1 aliphatic heterocycles. The van der Waals surface area contributed by atoms with Gasteiger partial charge in [-0.05, 0) is 37.3 Å². The van der Waals surface area contributed by atoms with Crippen LogP contribution in [-0.2, 0) is 27.4 Å². The van der Waals surface area contributed by atoms with E-state index in [9.17, 15) is 14.0 Å². The number of esters is 2. The summed E-state index contributed by atoms with van der Waals surface area (Å²) in [7, 11) is 0. The number of hydrogen-bond acceptors (Lipinski definition) is 7. The second-order valence-corrected chi connectivity index (χ2v) is 7.05. The molecule has 1 aromatic carbocycles. The summed E-state index contributed by atoms with van der Waals surface area (Å²) >= 11 is 0. The monoisotopic (exact) mass is 418 g/mol. The first-order chi connectivity index (χ1) is 14.5. The molecule has 0 atom stereocenters. The molecule has 162 valence electrons. The smallest absolute Gasteiger partial charge is 0.358 e. The van der Waals surface area contributed by atoms with Gasteiger partial charge in [0.05, 0.1) is 18.8 Å². The van der Waals surface area contributed by atoms with Crippen molar-refractivity contribution in [3.8, 4) is 0 Å². The fraction of sp³-hybridized carbons (Fsp3) is 0.476. The predicted molar refractivity (Wildman–Crippen MR) is 109 cm³/mol. The van der Waals surface area contributed by atoms with Gasteiger partial charge in [0, 0.05) is 45.3 Å². The minimum Gasteiger partial charge on any atom is -0.461 e. The molecule has 0 amide bonds. The van der Waals surface area contributed by atoms with Crippen LogP contribution < -0.4 is 4.90 Å². The van der Waals surface area contributed by atoms with Crippen molar-refractivity contribution in [3.63, 3.8) is 0 Å². The van der Waals surface area contributed by atoms with Crippen molar-refractivity contribution in [3.05, 3.63) is 47.5 Å². The normalized spacial score (nSPS) is 14.6. The minimum atomic E-state index is -0.492. The first-order valence-corrected chi connectivity index (χ1v) is 10.1. The number of carbonyl (C=O) groups is 2. The summed E-state index contributed by atoms with van der Waals surface area (Å²) in [6.07, 6.45) is 0. The largest absolute Gasteiger partial charge is 0.461 e. The number of hydrogen-bond donors (Lipinski definition) is 0. The van der Waals surface area contributed by atoms with Gasteiger partial charge >= 0.3 is 11.9 Å². The molecule has 8 nitrogen and oxygen atoms in total. The Labute approximate surface area is 175 Å². The highest BCUT2D eigenvalue weighted by atomic mass is 19.1. The van der Waals surface area contributed by atoms with Crippen LogP contribution in [0, 0.1) is 5.82 Å². The molecule has 0 bridgehead atoms. The number of ether oxygens (including phenoxy) is 2. The number of nitrogens with zero attached hydrogens (tertiary/aromatic N) is 4. The van der Waals surface area contributed by atoms with Crippen LogP contribution in [0.4, 0.5) is 10.1 Å². The summed E-state index contributed by atoms with van der Waals surface area (Å²) in [5.41, 5.74) is 1.88. The van der Waals surface area contributed by atoms with Gasteiger partial charge < -0.3 is 14.4 Å². The summed E-state index contributed by atoms with van der Waals surface area (Å²) in [4.78, 5) is 27.7. The first-order valence-electron chi connectivity index (χ1n) is 10.1. The molecular formula is C21H27FN4O4. The average Bonchev–Trinajstić information content (AvgIpc) is 3.15. The topological polar surface area (TPSA) is 76.9 Å². The van der Waals surface area contributed by atoms with Gasteiger partial charge in [0.25, 0.3) is 0 Å². The molecule has 1 aliphatic rings. The molecule has 0 N–H and O–H groups in total. The summed E-state index contributed by atoms with van der Waals surface area (Å²) in [5, 5.41) is 4.34. The van der Waals surface area contributed by atoms with E-state index in [-0.39, 0.29) is 24.7 Å². The van der Waals surface area contributed by atoms with E-state index in [4.69, 9.17) is 9.47 Å². The van der Waals surface area contributed by atoms with Crippen LogP contribution in [0.2, 0.25) is 0 Å². The molecule has 2 heterocycles. The van der Waals surface area contributed by atoms with Crippen molar-refractivity contribution in [2.75, 3.05) is 44.2 Å². The lowest BCUT2D eigenvalue weighted by Gasteiger charge is -2.36. The number of benzene rings is 1. The van der Waals surface area contributed by atoms with E-state index in [1.165, 1.54) is 19.1 Å². The highest BCUT2D eigenvalue weighted by Gasteiger charge is 2.19. The quantitative estimate of drug-likeness (QED) is 0.608. The van der Waals surface area contributed by atoms with Gasteiger partial charge in [-0.2, -0.15) is 5.10 Å². The third-order valence-corrected chi connectivity index (χ3v) is 4.96. The summed E-state index contributed by atoms with van der Waals surface area (Å²) < 4.78 is 24.9. The van der Waals surface area contributed by atoms with Gasteiger partial charge in [-0.15, -0.1) is 0 Å². The molecule has 9 heteroatoms. The van der Waals surface area contributed by atoms with E-state index in [2.05, 4.69) is 14.9 Å². The molecule has 30 heavy (non-hydrogen) atoms. The van der Waals surface area contributed by atoms with Gasteiger partial charge in [0.15, 0.2) is 5.69 Å². The standard InChI is InChI=1S/C21H27FN4O4/c1-3-29-21(28)20-14-19(15-30-16(2)27)26(23-20)13-10-24-8-11-25(12-9-24)18-6-4-17(22)5-7-18/h4-7,14H,3,8-13,15H2,1-2H3. The predicted octanol–water partition coefficient (Wildman–Crippen LogP) is 2.08. The van der Waals surface area contributed by atoms with E-state index in [0.29, 0.717) is 12.2 Å². The van der Waals surface area contributed by atoms with Crippen molar-refractivity contribution >= 4 is 17.6 Å². The summed E-state index contributed by atoms with van der Waals surface area (Å²) in [5.74, 6) is -1.12. The van der Waals surface area contributed by atoms with Gasteiger partial charge in [0.1, 0.15) is 12.4 Å². The van der Waals surface area contributed by atoms with Crippen LogP contribution >= 0.6 is 0 Å². The number of halogens is 1. The Hall–Kier alpha value is -2.94. The Bertz CT molecular complexity index is 860. The van der Waals surface area contributed by atoms with Gasteiger partial charge in [-0.3, -0.25) is 14.4 Å². The third kappa shape index (κ3) is 5.79. The maximum Gasteiger partial charge on any atom is 0.358 e. The second kappa shape index (κ2) is 10.2. The van der Waals surface area contributed by atoms with E-state index in [0.717, 1.165) is 38.4 Å². The van der Waals surface area contributed by atoms with Gasteiger partial charge in [-0.1, -0.05) is 0 Å². The van der Waals surface area contributed by atoms with Crippen LogP contribution in [0.3, 0.4) is 0 Å². The Morgan fingerprint density at radius 2 is 1.77 bits per heavy atom. The maximum absolute atomic E-state index is 13.1. The van der Waals surface area contributed by atoms with Crippen LogP contribution in [0.15, 0.2) is 30.3 Å². The molecular weight excluding hydrogens is 391 g/mol. The fourth-order valence-corrected chi connectivity index (χ4v) is 3.36. The van der Waals surface area contributed by atoms with E-state index < -0.39 is 11.9 Å². The zero-order chi connectivity index (χ0) is 21.5. The molecule has 1 fully saturated rings. The van der Waals surface area contributed by atoms with Gasteiger partial charge in [0.2, 0.25) is 0 Å². The van der Waals surface area contributed by atoms with E-state index >= 15 is 0 Å². The first kappa shape index (κ1) is 21.8. The fourth-order valence-electron chi connectivity index (χ4n) is 3.36. The number of carbonyl (C=O) groups excluding carboxylic acids is 2. The highest BCUT2D eigenvalue weighted by Crippen LogP contribution is 2.17. The summed E-state index contributed by atoms with van der Waals surface area (Å²) in [6.45, 7) is 8.13. The molecule has 0 unspecified atom stereocenters. The molecule has 0 radical (unpaired) electrons. The van der Waals surface area contributed by atoms with Crippen molar-refractivity contribution in [1.29, 1.82) is 0 Å². The molecule has 1 saturated heterocycles. The highest BCUT2D eigenvalue weighted by molar-refractivity contribution is 5.87. The van der Waals surface area contributed by atoms with Crippen LogP contribution in [0.1, 0.15) is 30.0 Å². The Morgan fingerprint density at radius 3 is 2.40 bits per heavy atom. The zero-order valence-corrected chi connectivity index (χ0v) is 17.3. The number of rotatable bonds is 8. The lowest BCUT2D eigenvalue weighted by Crippen LogP contribution is -2.47. The molecule has 0 saturated carbocycles. The van der Waals surface area contributed by atoms with Crippen LogP contribution in [-0.4, -0.2) is 65.9 Å². The third-order valence-electron chi connectivity index (χ3n) is 4.96. The minimum absolute atomic E-state index is 0.0556. The van der Waals surface area contributed by atoms with Crippen LogP contribution in [0.5, 0.6) is 0 Å². The Kier molecular flexibility index (Phi) is 7.40. The number of anilines is 1. The molecule has 0 spiro atoms. The number of piperazine rings is 1. The Morgan fingerprint density at radius 1 is 1.07 bits per heavy atom. The lowest BCUT2D eigenvalue weighted by molar-refractivity contribution is -0.142. The van der Waals surface area contributed by atoms with Crippen LogP contribution in [0.25, 0.3) is 0 Å².